The van der Waals surface area contributed by atoms with Gasteiger partial charge in [-0.2, -0.15) is 0 Å². The maximum absolute atomic E-state index is 6.13. The van der Waals surface area contributed by atoms with E-state index in [2.05, 4.69) is 6.58 Å². The highest BCUT2D eigenvalue weighted by Crippen LogP contribution is 2.25. The van der Waals surface area contributed by atoms with Gasteiger partial charge in [0.2, 0.25) is 0 Å². The van der Waals surface area contributed by atoms with Crippen molar-refractivity contribution < 1.29 is 18.3 Å². The Balaban J connectivity index is 1.76. The van der Waals surface area contributed by atoms with Crippen molar-refractivity contribution in [2.24, 2.45) is 0 Å². The van der Waals surface area contributed by atoms with Gasteiger partial charge in [-0.05, 0) is 18.2 Å². The van der Waals surface area contributed by atoms with Crippen LogP contribution in [0.2, 0.25) is 0 Å². The summed E-state index contributed by atoms with van der Waals surface area (Å²) in [6.45, 7) is 6.14. The fraction of sp³-hybridized carbons (Fsp3) is 0.333. The molecule has 1 aromatic rings. The lowest BCUT2D eigenvalue weighted by molar-refractivity contribution is -0.108. The van der Waals surface area contributed by atoms with Crippen LogP contribution in [-0.4, -0.2) is 34.2 Å². The Kier molecular flexibility index (Phi) is 3.91. The number of fused-ring (bicyclic) bond motifs is 1. The summed E-state index contributed by atoms with van der Waals surface area (Å²) in [5.41, 5.74) is 0. The first kappa shape index (κ1) is 13.4. The van der Waals surface area contributed by atoms with E-state index in [4.69, 9.17) is 18.3 Å². The van der Waals surface area contributed by atoms with Gasteiger partial charge < -0.3 is 18.3 Å². The van der Waals surface area contributed by atoms with Crippen molar-refractivity contribution in [3.05, 3.63) is 55.0 Å². The van der Waals surface area contributed by atoms with E-state index in [1.54, 1.807) is 6.26 Å². The van der Waals surface area contributed by atoms with Crippen LogP contribution in [0.15, 0.2) is 55.0 Å². The topological polar surface area (TPSA) is 36.9 Å². The van der Waals surface area contributed by atoms with E-state index in [0.717, 1.165) is 5.19 Å². The summed E-state index contributed by atoms with van der Waals surface area (Å²) in [6, 6.07) is 10.0. The van der Waals surface area contributed by atoms with E-state index in [1.165, 1.54) is 0 Å². The normalized spacial score (nSPS) is 29.4. The largest absolute Gasteiger partial charge is 0.493 e. The van der Waals surface area contributed by atoms with Crippen LogP contribution in [0.1, 0.15) is 6.92 Å². The molecule has 4 nitrogen and oxygen atoms in total. The van der Waals surface area contributed by atoms with Gasteiger partial charge in [-0.15, -0.1) is 0 Å². The highest BCUT2D eigenvalue weighted by Gasteiger charge is 2.42. The van der Waals surface area contributed by atoms with Crippen LogP contribution in [0.25, 0.3) is 0 Å². The monoisotopic (exact) mass is 289 g/mol. The Morgan fingerprint density at radius 1 is 1.35 bits per heavy atom. The van der Waals surface area contributed by atoms with E-state index >= 15 is 0 Å². The molecule has 3 rings (SSSR count). The number of hydrogen-bond acceptors (Lipinski definition) is 4. The molecule has 2 aliphatic heterocycles. The van der Waals surface area contributed by atoms with Crippen molar-refractivity contribution in [2.45, 2.75) is 25.2 Å². The van der Waals surface area contributed by atoms with Gasteiger partial charge in [-0.25, -0.2) is 0 Å². The molecule has 5 heteroatoms. The maximum atomic E-state index is 6.13. The third-order valence-corrected chi connectivity index (χ3v) is 4.90. The lowest BCUT2D eigenvalue weighted by atomic mass is 10.1. The summed E-state index contributed by atoms with van der Waals surface area (Å²) in [5, 5.41) is 1.10. The Hall–Kier alpha value is -1.56. The molecule has 0 aliphatic carbocycles. The minimum Gasteiger partial charge on any atom is -0.493 e. The van der Waals surface area contributed by atoms with Crippen LogP contribution in [-0.2, 0) is 18.3 Å². The van der Waals surface area contributed by atoms with Gasteiger partial charge in [0, 0.05) is 0 Å². The highest BCUT2D eigenvalue weighted by molar-refractivity contribution is 6.61. The van der Waals surface area contributed by atoms with Gasteiger partial charge in [0.25, 0.3) is 0 Å². The van der Waals surface area contributed by atoms with E-state index < -0.39 is 9.28 Å². The molecule has 0 aromatic heterocycles. The molecule has 1 radical (unpaired) electrons. The van der Waals surface area contributed by atoms with Gasteiger partial charge in [-0.1, -0.05) is 36.9 Å². The van der Waals surface area contributed by atoms with Crippen LogP contribution in [0.3, 0.4) is 0 Å². The smallest absolute Gasteiger partial charge is 0.424 e. The van der Waals surface area contributed by atoms with Crippen LogP contribution in [0, 0.1) is 0 Å². The molecule has 0 amide bonds. The molecular weight excluding hydrogens is 272 g/mol. The molecule has 1 fully saturated rings. The summed E-state index contributed by atoms with van der Waals surface area (Å²) in [4.78, 5) is 0. The average Bonchev–Trinajstić information content (AvgIpc) is 2.47. The SMILES string of the molecule is C=C(C)O[C@@H]1C=CO[C@@H]2CO[Si](c3ccccc3)O[C@@H]12. The van der Waals surface area contributed by atoms with Gasteiger partial charge in [-0.3, -0.25) is 0 Å². The molecule has 20 heavy (non-hydrogen) atoms. The predicted molar refractivity (Wildman–Crippen MR) is 76.4 cm³/mol. The second kappa shape index (κ2) is 5.83. The quantitative estimate of drug-likeness (QED) is 0.626. The van der Waals surface area contributed by atoms with E-state index in [-0.39, 0.29) is 18.3 Å². The van der Waals surface area contributed by atoms with Crippen molar-refractivity contribution in [1.29, 1.82) is 0 Å². The summed E-state index contributed by atoms with van der Waals surface area (Å²) in [7, 11) is -1.49. The standard InChI is InChI=1S/C15H17O4Si/c1-11(2)18-13-8-9-16-14-10-17-20(19-15(13)14)12-6-4-3-5-7-12/h3-9,13-15H,1,10H2,2H3/t13-,14-,15+/m1/s1. The van der Waals surface area contributed by atoms with E-state index in [1.807, 2.05) is 43.3 Å². The van der Waals surface area contributed by atoms with Crippen LogP contribution in [0.4, 0.5) is 0 Å². The minimum atomic E-state index is -1.49. The molecule has 0 saturated carbocycles. The lowest BCUT2D eigenvalue weighted by Gasteiger charge is -2.40. The molecule has 1 aromatic carbocycles. The lowest BCUT2D eigenvalue weighted by Crippen LogP contribution is -2.57. The molecule has 0 unspecified atom stereocenters. The number of allylic oxidation sites excluding steroid dienone is 1. The first-order valence-corrected chi connectivity index (χ1v) is 7.92. The van der Waals surface area contributed by atoms with Gasteiger partial charge in [0.05, 0.1) is 18.6 Å². The number of benzene rings is 1. The second-order valence-electron chi connectivity index (χ2n) is 4.83. The van der Waals surface area contributed by atoms with Crippen molar-refractivity contribution in [3.63, 3.8) is 0 Å². The minimum absolute atomic E-state index is 0.123. The molecule has 2 heterocycles. The molecule has 0 spiro atoms. The molecule has 3 atom stereocenters. The van der Waals surface area contributed by atoms with Gasteiger partial charge in [0.15, 0.2) is 0 Å². The van der Waals surface area contributed by atoms with Crippen molar-refractivity contribution in [2.75, 3.05) is 6.61 Å². The number of ether oxygens (including phenoxy) is 2. The Bertz CT molecular complexity index is 502. The Labute approximate surface area is 120 Å². The molecule has 0 N–H and O–H groups in total. The van der Waals surface area contributed by atoms with E-state index in [0.29, 0.717) is 12.4 Å². The number of hydrogen-bond donors (Lipinski definition) is 0. The third kappa shape index (κ3) is 2.79. The highest BCUT2D eigenvalue weighted by atomic mass is 28.3. The van der Waals surface area contributed by atoms with Crippen LogP contribution in [0.5, 0.6) is 0 Å². The first-order chi connectivity index (χ1) is 9.74. The van der Waals surface area contributed by atoms with Crippen molar-refractivity contribution in [3.8, 4) is 0 Å². The average molecular weight is 289 g/mol. The number of rotatable bonds is 3. The summed E-state index contributed by atoms with van der Waals surface area (Å²) < 4.78 is 23.2. The summed E-state index contributed by atoms with van der Waals surface area (Å²) in [6.07, 6.45) is 3.08. The Morgan fingerprint density at radius 3 is 2.90 bits per heavy atom. The molecule has 0 bridgehead atoms. The first-order valence-electron chi connectivity index (χ1n) is 6.60. The fourth-order valence-corrected chi connectivity index (χ4v) is 3.96. The third-order valence-electron chi connectivity index (χ3n) is 3.18. The molecule has 105 valence electrons. The van der Waals surface area contributed by atoms with Crippen molar-refractivity contribution >= 4 is 14.5 Å². The zero-order valence-corrected chi connectivity index (χ0v) is 12.3. The predicted octanol–water partition coefficient (Wildman–Crippen LogP) is 1.63. The summed E-state index contributed by atoms with van der Waals surface area (Å²) >= 11 is 0. The van der Waals surface area contributed by atoms with Crippen LogP contribution >= 0.6 is 0 Å². The summed E-state index contributed by atoms with van der Waals surface area (Å²) in [5.74, 6) is 0.670. The van der Waals surface area contributed by atoms with Crippen molar-refractivity contribution in [1.82, 2.24) is 0 Å². The van der Waals surface area contributed by atoms with Gasteiger partial charge >= 0.3 is 9.28 Å². The Morgan fingerprint density at radius 2 is 2.15 bits per heavy atom. The fourth-order valence-electron chi connectivity index (χ4n) is 2.28. The molecule has 2 aliphatic rings. The molecular formula is C15H17O4Si. The van der Waals surface area contributed by atoms with Crippen LogP contribution < -0.4 is 5.19 Å². The van der Waals surface area contributed by atoms with Gasteiger partial charge in [0.1, 0.15) is 18.3 Å². The maximum Gasteiger partial charge on any atom is 0.424 e. The van der Waals surface area contributed by atoms with E-state index in [9.17, 15) is 0 Å². The zero-order chi connectivity index (χ0) is 13.9. The second-order valence-corrected chi connectivity index (χ2v) is 6.51. The molecule has 1 saturated heterocycles. The zero-order valence-electron chi connectivity index (χ0n) is 11.3.